The number of nitrogen functional groups attached to an aromatic ring is 1. The molecule has 0 unspecified atom stereocenters. The van der Waals surface area contributed by atoms with Crippen LogP contribution in [0.1, 0.15) is 21.5 Å². The highest BCUT2D eigenvalue weighted by Gasteiger charge is 2.17. The van der Waals surface area contributed by atoms with Crippen molar-refractivity contribution in [2.45, 2.75) is 6.54 Å². The quantitative estimate of drug-likeness (QED) is 0.702. The summed E-state index contributed by atoms with van der Waals surface area (Å²) in [6, 6.07) is 16.3. The van der Waals surface area contributed by atoms with Crippen molar-refractivity contribution in [3.8, 4) is 0 Å². The van der Waals surface area contributed by atoms with Gasteiger partial charge in [-0.15, -0.1) is 0 Å². The second-order valence-electron chi connectivity index (χ2n) is 5.25. The fourth-order valence-electron chi connectivity index (χ4n) is 2.35. The molecule has 0 bridgehead atoms. The van der Waals surface area contributed by atoms with Crippen molar-refractivity contribution in [1.29, 1.82) is 0 Å². The molecule has 3 rings (SSSR count). The Balaban J connectivity index is 2.01. The van der Waals surface area contributed by atoms with E-state index >= 15 is 0 Å². The molecule has 24 heavy (non-hydrogen) atoms. The molecule has 0 amide bonds. The molecule has 1 aromatic heterocycles. The van der Waals surface area contributed by atoms with Crippen LogP contribution in [0.15, 0.2) is 70.1 Å². The molecule has 0 spiro atoms. The number of anilines is 1. The van der Waals surface area contributed by atoms with E-state index in [1.165, 1.54) is 10.8 Å². The van der Waals surface area contributed by atoms with E-state index in [1.54, 1.807) is 24.3 Å². The zero-order valence-corrected chi connectivity index (χ0v) is 14.2. The molecule has 0 atom stereocenters. The van der Waals surface area contributed by atoms with Crippen molar-refractivity contribution in [1.82, 2.24) is 9.55 Å². The van der Waals surface area contributed by atoms with Crippen LogP contribution in [0.25, 0.3) is 0 Å². The van der Waals surface area contributed by atoms with Gasteiger partial charge in [0.1, 0.15) is 5.82 Å². The summed E-state index contributed by atoms with van der Waals surface area (Å²) < 4.78 is 2.18. The molecular weight excluding hydrogens is 370 g/mol. The van der Waals surface area contributed by atoms with Crippen LogP contribution in [0.3, 0.4) is 0 Å². The van der Waals surface area contributed by atoms with Crippen LogP contribution < -0.4 is 11.4 Å². The summed E-state index contributed by atoms with van der Waals surface area (Å²) in [5, 5.41) is 0. The van der Waals surface area contributed by atoms with Gasteiger partial charge in [-0.3, -0.25) is 9.36 Å². The minimum Gasteiger partial charge on any atom is -0.384 e. The molecule has 2 N–H and O–H groups in total. The maximum atomic E-state index is 12.6. The summed E-state index contributed by atoms with van der Waals surface area (Å²) in [6.45, 7) is 0.264. The van der Waals surface area contributed by atoms with Gasteiger partial charge >= 0.3 is 5.69 Å². The van der Waals surface area contributed by atoms with Crippen molar-refractivity contribution in [3.05, 3.63) is 92.4 Å². The van der Waals surface area contributed by atoms with Gasteiger partial charge in [-0.05, 0) is 29.8 Å². The smallest absolute Gasteiger partial charge is 0.349 e. The zero-order chi connectivity index (χ0) is 17.1. The minimum absolute atomic E-state index is 0.117. The molecule has 6 heteroatoms. The molecule has 2 aromatic carbocycles. The average molecular weight is 384 g/mol. The second-order valence-corrected chi connectivity index (χ2v) is 6.16. The third kappa shape index (κ3) is 3.28. The minimum atomic E-state index is -0.483. The largest absolute Gasteiger partial charge is 0.384 e. The predicted molar refractivity (Wildman–Crippen MR) is 96.0 cm³/mol. The number of nitrogens with two attached hydrogens (primary N) is 1. The molecule has 120 valence electrons. The van der Waals surface area contributed by atoms with Gasteiger partial charge in [-0.1, -0.05) is 46.3 Å². The van der Waals surface area contributed by atoms with Crippen LogP contribution in [-0.4, -0.2) is 15.3 Å². The number of hydrogen-bond acceptors (Lipinski definition) is 4. The summed E-state index contributed by atoms with van der Waals surface area (Å²) in [5.74, 6) is -0.152. The molecule has 0 saturated carbocycles. The number of rotatable bonds is 4. The number of carbonyl (C=O) groups is 1. The lowest BCUT2D eigenvalue weighted by molar-refractivity contribution is 0.103. The molecule has 0 saturated heterocycles. The third-order valence-electron chi connectivity index (χ3n) is 3.64. The third-order valence-corrected chi connectivity index (χ3v) is 4.16. The van der Waals surface area contributed by atoms with E-state index < -0.39 is 5.69 Å². The first kappa shape index (κ1) is 16.1. The van der Waals surface area contributed by atoms with E-state index in [-0.39, 0.29) is 23.7 Å². The Hall–Kier alpha value is -2.73. The highest BCUT2D eigenvalue weighted by atomic mass is 79.9. The molecule has 0 aliphatic heterocycles. The van der Waals surface area contributed by atoms with Crippen LogP contribution in [-0.2, 0) is 6.54 Å². The Labute approximate surface area is 146 Å². The Kier molecular flexibility index (Phi) is 4.57. The van der Waals surface area contributed by atoms with Crippen LogP contribution in [0.2, 0.25) is 0 Å². The normalized spacial score (nSPS) is 10.5. The lowest BCUT2D eigenvalue weighted by Crippen LogP contribution is -2.28. The first-order valence-electron chi connectivity index (χ1n) is 7.26. The van der Waals surface area contributed by atoms with Crippen molar-refractivity contribution in [2.24, 2.45) is 0 Å². The van der Waals surface area contributed by atoms with Crippen LogP contribution in [0.4, 0.5) is 5.82 Å². The van der Waals surface area contributed by atoms with Crippen LogP contribution >= 0.6 is 15.9 Å². The highest BCUT2D eigenvalue weighted by Crippen LogP contribution is 2.17. The van der Waals surface area contributed by atoms with E-state index in [0.717, 1.165) is 10.0 Å². The van der Waals surface area contributed by atoms with Gasteiger partial charge in [0.2, 0.25) is 0 Å². The molecular formula is C18H14BrN3O2. The van der Waals surface area contributed by atoms with Crippen molar-refractivity contribution in [3.63, 3.8) is 0 Å². The van der Waals surface area contributed by atoms with Gasteiger partial charge in [0, 0.05) is 16.2 Å². The molecule has 1 heterocycles. The SMILES string of the molecule is Nc1c(C(=O)c2ccc(Br)cc2)cnc(=O)n1Cc1ccccc1. The first-order chi connectivity index (χ1) is 11.6. The van der Waals surface area contributed by atoms with E-state index in [1.807, 2.05) is 30.3 Å². The molecule has 0 aliphatic carbocycles. The molecule has 3 aromatic rings. The standard InChI is InChI=1S/C18H14BrN3O2/c19-14-8-6-13(7-9-14)16(23)15-10-21-18(24)22(17(15)20)11-12-4-2-1-3-5-12/h1-10H,11,20H2. The van der Waals surface area contributed by atoms with Crippen LogP contribution in [0, 0.1) is 0 Å². The Morgan fingerprint density at radius 2 is 1.75 bits per heavy atom. The fraction of sp³-hybridized carbons (Fsp3) is 0.0556. The summed E-state index contributed by atoms with van der Waals surface area (Å²) >= 11 is 3.33. The monoisotopic (exact) mass is 383 g/mol. The highest BCUT2D eigenvalue weighted by molar-refractivity contribution is 9.10. The van der Waals surface area contributed by atoms with E-state index in [2.05, 4.69) is 20.9 Å². The molecule has 0 aliphatic rings. The van der Waals surface area contributed by atoms with Crippen molar-refractivity contribution >= 4 is 27.5 Å². The number of nitrogens with zero attached hydrogens (tertiary/aromatic N) is 2. The number of halogens is 1. The Morgan fingerprint density at radius 1 is 1.08 bits per heavy atom. The van der Waals surface area contributed by atoms with Gasteiger partial charge in [-0.2, -0.15) is 0 Å². The maximum Gasteiger partial charge on any atom is 0.349 e. The van der Waals surface area contributed by atoms with Crippen LogP contribution in [0.5, 0.6) is 0 Å². The van der Waals surface area contributed by atoms with Gasteiger partial charge in [0.05, 0.1) is 12.1 Å². The van der Waals surface area contributed by atoms with Gasteiger partial charge < -0.3 is 5.73 Å². The number of ketones is 1. The van der Waals surface area contributed by atoms with E-state index in [9.17, 15) is 9.59 Å². The molecule has 5 nitrogen and oxygen atoms in total. The van der Waals surface area contributed by atoms with Crippen molar-refractivity contribution in [2.75, 3.05) is 5.73 Å². The van der Waals surface area contributed by atoms with Gasteiger partial charge in [-0.25, -0.2) is 9.78 Å². The lowest BCUT2D eigenvalue weighted by Gasteiger charge is -2.12. The topological polar surface area (TPSA) is 78.0 Å². The second kappa shape index (κ2) is 6.80. The lowest BCUT2D eigenvalue weighted by atomic mass is 10.1. The van der Waals surface area contributed by atoms with Crippen molar-refractivity contribution < 1.29 is 4.79 Å². The maximum absolute atomic E-state index is 12.6. The van der Waals surface area contributed by atoms with E-state index in [4.69, 9.17) is 5.73 Å². The van der Waals surface area contributed by atoms with Gasteiger partial charge in [0.25, 0.3) is 0 Å². The summed E-state index contributed by atoms with van der Waals surface area (Å²) in [7, 11) is 0. The summed E-state index contributed by atoms with van der Waals surface area (Å²) in [5.41, 5.74) is 7.21. The number of aromatic nitrogens is 2. The predicted octanol–water partition coefficient (Wildman–Crippen LogP) is 2.87. The fourth-order valence-corrected chi connectivity index (χ4v) is 2.62. The Morgan fingerprint density at radius 3 is 2.42 bits per heavy atom. The average Bonchev–Trinajstić information content (AvgIpc) is 2.60. The zero-order valence-electron chi connectivity index (χ0n) is 12.6. The summed E-state index contributed by atoms with van der Waals surface area (Å²) in [6.07, 6.45) is 1.24. The molecule has 0 fully saturated rings. The first-order valence-corrected chi connectivity index (χ1v) is 8.05. The number of carbonyl (C=O) groups excluding carboxylic acids is 1. The number of benzene rings is 2. The van der Waals surface area contributed by atoms with Gasteiger partial charge in [0.15, 0.2) is 5.78 Å². The summed E-state index contributed by atoms with van der Waals surface area (Å²) in [4.78, 5) is 28.5. The molecule has 0 radical (unpaired) electrons. The Bertz CT molecular complexity index is 935. The number of hydrogen-bond donors (Lipinski definition) is 1. The van der Waals surface area contributed by atoms with E-state index in [0.29, 0.717) is 5.56 Å².